The van der Waals surface area contributed by atoms with Gasteiger partial charge in [-0.1, -0.05) is 0 Å². The summed E-state index contributed by atoms with van der Waals surface area (Å²) in [5.74, 6) is 0.488. The van der Waals surface area contributed by atoms with Crippen LogP contribution in [0.15, 0.2) is 18.3 Å². The molecule has 1 heterocycles. The molecule has 1 amide bonds. The number of rotatable bonds is 7. The second kappa shape index (κ2) is 8.70. The first-order chi connectivity index (χ1) is 10.3. The van der Waals surface area contributed by atoms with E-state index in [0.29, 0.717) is 5.82 Å². The fourth-order valence-electron chi connectivity index (χ4n) is 1.91. The Bertz CT molecular complexity index is 467. The molecular weight excluding hydrogens is 284 g/mol. The summed E-state index contributed by atoms with van der Waals surface area (Å²) < 4.78 is 15.5. The van der Waals surface area contributed by atoms with Crippen LogP contribution in [0.2, 0.25) is 0 Å². The molecule has 1 aromatic rings. The SMILES string of the molecule is COC(CCCc1ccnc(NC(=O)OC(C)(C)C)c1)OC. The van der Waals surface area contributed by atoms with Gasteiger partial charge in [0.15, 0.2) is 6.29 Å². The van der Waals surface area contributed by atoms with Crippen molar-refractivity contribution in [1.82, 2.24) is 4.98 Å². The molecule has 1 rings (SSSR count). The van der Waals surface area contributed by atoms with E-state index in [1.807, 2.05) is 32.9 Å². The molecule has 124 valence electrons. The van der Waals surface area contributed by atoms with Crippen LogP contribution in [0, 0.1) is 0 Å². The van der Waals surface area contributed by atoms with E-state index in [4.69, 9.17) is 14.2 Å². The van der Waals surface area contributed by atoms with Crippen molar-refractivity contribution in [2.24, 2.45) is 0 Å². The largest absolute Gasteiger partial charge is 0.444 e. The lowest BCUT2D eigenvalue weighted by atomic mass is 10.1. The number of nitrogens with one attached hydrogen (secondary N) is 1. The molecule has 0 aliphatic rings. The van der Waals surface area contributed by atoms with Crippen molar-refractivity contribution in [3.8, 4) is 0 Å². The van der Waals surface area contributed by atoms with E-state index in [2.05, 4.69) is 10.3 Å². The third-order valence-electron chi connectivity index (χ3n) is 2.88. The smallest absolute Gasteiger partial charge is 0.413 e. The highest BCUT2D eigenvalue weighted by atomic mass is 16.7. The lowest BCUT2D eigenvalue weighted by Crippen LogP contribution is -2.27. The molecule has 6 nitrogen and oxygen atoms in total. The van der Waals surface area contributed by atoms with Crippen LogP contribution in [0.1, 0.15) is 39.2 Å². The summed E-state index contributed by atoms with van der Waals surface area (Å²) in [7, 11) is 3.26. The molecule has 0 aromatic carbocycles. The van der Waals surface area contributed by atoms with E-state index < -0.39 is 11.7 Å². The van der Waals surface area contributed by atoms with Crippen LogP contribution in [-0.4, -0.2) is 37.2 Å². The number of amides is 1. The Balaban J connectivity index is 2.50. The number of hydrogen-bond acceptors (Lipinski definition) is 5. The quantitative estimate of drug-likeness (QED) is 0.782. The highest BCUT2D eigenvalue weighted by Crippen LogP contribution is 2.14. The zero-order valence-electron chi connectivity index (χ0n) is 14.0. The topological polar surface area (TPSA) is 69.7 Å². The Morgan fingerprint density at radius 3 is 2.59 bits per heavy atom. The summed E-state index contributed by atoms with van der Waals surface area (Å²) in [6, 6.07) is 3.77. The van der Waals surface area contributed by atoms with E-state index in [1.54, 1.807) is 20.4 Å². The number of carbonyl (C=O) groups is 1. The van der Waals surface area contributed by atoms with Crippen molar-refractivity contribution in [2.45, 2.75) is 51.9 Å². The van der Waals surface area contributed by atoms with E-state index in [1.165, 1.54) is 0 Å². The zero-order chi connectivity index (χ0) is 16.6. The van der Waals surface area contributed by atoms with Gasteiger partial charge in [0.1, 0.15) is 11.4 Å². The number of ether oxygens (including phenoxy) is 3. The first-order valence-corrected chi connectivity index (χ1v) is 7.34. The lowest BCUT2D eigenvalue weighted by molar-refractivity contribution is -0.106. The van der Waals surface area contributed by atoms with Gasteiger partial charge in [0.25, 0.3) is 0 Å². The van der Waals surface area contributed by atoms with Crippen molar-refractivity contribution >= 4 is 11.9 Å². The van der Waals surface area contributed by atoms with Gasteiger partial charge in [-0.25, -0.2) is 9.78 Å². The molecule has 0 aliphatic heterocycles. The molecule has 0 spiro atoms. The molecule has 0 unspecified atom stereocenters. The van der Waals surface area contributed by atoms with Crippen molar-refractivity contribution in [3.05, 3.63) is 23.9 Å². The van der Waals surface area contributed by atoms with Crippen LogP contribution in [0.5, 0.6) is 0 Å². The van der Waals surface area contributed by atoms with Gasteiger partial charge >= 0.3 is 6.09 Å². The standard InChI is InChI=1S/C16H26N2O4/c1-16(2,3)22-15(19)18-13-11-12(9-10-17-13)7-6-8-14(20-4)21-5/h9-11,14H,6-8H2,1-5H3,(H,17,18,19). The number of nitrogens with zero attached hydrogens (tertiary/aromatic N) is 1. The van der Waals surface area contributed by atoms with Crippen LogP contribution >= 0.6 is 0 Å². The van der Waals surface area contributed by atoms with Crippen molar-refractivity contribution < 1.29 is 19.0 Å². The summed E-state index contributed by atoms with van der Waals surface area (Å²) in [5.41, 5.74) is 0.559. The maximum atomic E-state index is 11.7. The van der Waals surface area contributed by atoms with Crippen LogP contribution in [0.25, 0.3) is 0 Å². The number of aromatic nitrogens is 1. The molecule has 0 bridgehead atoms. The Morgan fingerprint density at radius 2 is 2.00 bits per heavy atom. The van der Waals surface area contributed by atoms with Crippen molar-refractivity contribution in [3.63, 3.8) is 0 Å². The van der Waals surface area contributed by atoms with Crippen LogP contribution in [0.4, 0.5) is 10.6 Å². The maximum Gasteiger partial charge on any atom is 0.413 e. The number of aryl methyl sites for hydroxylation is 1. The Kier molecular flexibility index (Phi) is 7.27. The molecular formula is C16H26N2O4. The monoisotopic (exact) mass is 310 g/mol. The summed E-state index contributed by atoms with van der Waals surface area (Å²) in [4.78, 5) is 15.8. The Hall–Kier alpha value is -1.66. The third kappa shape index (κ3) is 7.38. The number of carbonyl (C=O) groups excluding carboxylic acids is 1. The van der Waals surface area contributed by atoms with Gasteiger partial charge in [0, 0.05) is 20.4 Å². The van der Waals surface area contributed by atoms with Gasteiger partial charge in [0.05, 0.1) is 0 Å². The summed E-state index contributed by atoms with van der Waals surface area (Å²) >= 11 is 0. The average Bonchev–Trinajstić information content (AvgIpc) is 2.42. The zero-order valence-corrected chi connectivity index (χ0v) is 14.0. The highest BCUT2D eigenvalue weighted by Gasteiger charge is 2.16. The van der Waals surface area contributed by atoms with Crippen LogP contribution < -0.4 is 5.32 Å². The van der Waals surface area contributed by atoms with Crippen molar-refractivity contribution in [2.75, 3.05) is 19.5 Å². The second-order valence-corrected chi connectivity index (χ2v) is 5.97. The predicted octanol–water partition coefficient (Wildman–Crippen LogP) is 3.37. The minimum atomic E-state index is -0.531. The Morgan fingerprint density at radius 1 is 1.32 bits per heavy atom. The van der Waals surface area contributed by atoms with Gasteiger partial charge in [-0.15, -0.1) is 0 Å². The molecule has 0 aliphatic carbocycles. The maximum absolute atomic E-state index is 11.7. The first kappa shape index (κ1) is 18.4. The summed E-state index contributed by atoms with van der Waals surface area (Å²) in [5, 5.41) is 2.64. The number of hydrogen-bond donors (Lipinski definition) is 1. The predicted molar refractivity (Wildman–Crippen MR) is 84.8 cm³/mol. The van der Waals surface area contributed by atoms with Gasteiger partial charge < -0.3 is 14.2 Å². The van der Waals surface area contributed by atoms with E-state index in [-0.39, 0.29) is 6.29 Å². The molecule has 0 radical (unpaired) electrons. The third-order valence-corrected chi connectivity index (χ3v) is 2.88. The molecule has 0 atom stereocenters. The average molecular weight is 310 g/mol. The number of methoxy groups -OCH3 is 2. The van der Waals surface area contributed by atoms with Crippen LogP contribution in [0.3, 0.4) is 0 Å². The van der Waals surface area contributed by atoms with Gasteiger partial charge in [0.2, 0.25) is 0 Å². The van der Waals surface area contributed by atoms with Crippen LogP contribution in [-0.2, 0) is 20.6 Å². The van der Waals surface area contributed by atoms with E-state index in [0.717, 1.165) is 24.8 Å². The molecule has 1 aromatic heterocycles. The van der Waals surface area contributed by atoms with Gasteiger partial charge in [-0.05, 0) is 57.7 Å². The lowest BCUT2D eigenvalue weighted by Gasteiger charge is -2.19. The molecule has 22 heavy (non-hydrogen) atoms. The number of anilines is 1. The minimum absolute atomic E-state index is 0.179. The fourth-order valence-corrected chi connectivity index (χ4v) is 1.91. The number of pyridine rings is 1. The summed E-state index contributed by atoms with van der Waals surface area (Å²) in [6.07, 6.45) is 3.57. The second-order valence-electron chi connectivity index (χ2n) is 5.97. The molecule has 6 heteroatoms. The summed E-state index contributed by atoms with van der Waals surface area (Å²) in [6.45, 7) is 5.45. The molecule has 0 fully saturated rings. The molecule has 1 N–H and O–H groups in total. The normalized spacial score (nSPS) is 11.5. The highest BCUT2D eigenvalue weighted by molar-refractivity contribution is 5.83. The minimum Gasteiger partial charge on any atom is -0.444 e. The van der Waals surface area contributed by atoms with Gasteiger partial charge in [-0.2, -0.15) is 0 Å². The first-order valence-electron chi connectivity index (χ1n) is 7.34. The van der Waals surface area contributed by atoms with E-state index in [9.17, 15) is 4.79 Å². The Labute approximate surface area is 132 Å². The van der Waals surface area contributed by atoms with Crippen molar-refractivity contribution in [1.29, 1.82) is 0 Å². The van der Waals surface area contributed by atoms with E-state index >= 15 is 0 Å². The molecule has 0 saturated heterocycles. The fraction of sp³-hybridized carbons (Fsp3) is 0.625. The molecule has 0 saturated carbocycles. The van der Waals surface area contributed by atoms with Gasteiger partial charge in [-0.3, -0.25) is 5.32 Å².